The van der Waals surface area contributed by atoms with Gasteiger partial charge in [0.15, 0.2) is 0 Å². The highest BCUT2D eigenvalue weighted by Gasteiger charge is 2.42. The second kappa shape index (κ2) is 4.73. The molecule has 0 aromatic heterocycles. The first kappa shape index (κ1) is 13.4. The zero-order valence-electron chi connectivity index (χ0n) is 11.6. The number of esters is 1. The Balaban J connectivity index is 2.28. The zero-order chi connectivity index (χ0) is 15.1. The van der Waals surface area contributed by atoms with Crippen LogP contribution in [0.4, 0.5) is 0 Å². The van der Waals surface area contributed by atoms with Crippen LogP contribution in [0.3, 0.4) is 0 Å². The lowest BCUT2D eigenvalue weighted by Crippen LogP contribution is -2.48. The third-order valence-electron chi connectivity index (χ3n) is 3.58. The number of hydrogen-bond acceptors (Lipinski definition) is 5. The largest absolute Gasteiger partial charge is 0.509 e. The van der Waals surface area contributed by atoms with Crippen molar-refractivity contribution in [3.63, 3.8) is 0 Å². The average molecular weight is 286 g/mol. The number of nitrogens with zero attached hydrogens (tertiary/aromatic N) is 2. The first-order valence-corrected chi connectivity index (χ1v) is 6.55. The fourth-order valence-corrected chi connectivity index (χ4v) is 2.76. The molecule has 0 unspecified atom stereocenters. The number of benzene rings is 1. The van der Waals surface area contributed by atoms with Crippen molar-refractivity contribution in [1.82, 2.24) is 5.01 Å². The van der Waals surface area contributed by atoms with E-state index >= 15 is 0 Å². The van der Waals surface area contributed by atoms with E-state index in [0.29, 0.717) is 16.2 Å². The number of carbonyl (C=O) groups is 2. The predicted octanol–water partition coefficient (Wildman–Crippen LogP) is -0.130. The fourth-order valence-electron chi connectivity index (χ4n) is 2.76. The molecule has 0 saturated carbocycles. The molecule has 0 bridgehead atoms. The van der Waals surface area contributed by atoms with Gasteiger partial charge in [-0.2, -0.15) is 5.10 Å². The molecule has 6 nitrogen and oxygen atoms in total. The number of aliphatic hydroxyl groups excluding tert-OH is 1. The highest BCUT2D eigenvalue weighted by molar-refractivity contribution is 5.88. The lowest BCUT2D eigenvalue weighted by atomic mass is 9.90. The highest BCUT2D eigenvalue weighted by Crippen LogP contribution is 2.31. The Morgan fingerprint density at radius 3 is 2.52 bits per heavy atom. The average Bonchev–Trinajstić information content (AvgIpc) is 2.88. The van der Waals surface area contributed by atoms with Crippen molar-refractivity contribution in [3.8, 4) is 0 Å². The molecule has 0 fully saturated rings. The number of rotatable bonds is 1. The van der Waals surface area contributed by atoms with Crippen molar-refractivity contribution in [1.29, 1.82) is 0 Å². The second-order valence-corrected chi connectivity index (χ2v) is 4.99. The first-order valence-electron chi connectivity index (χ1n) is 6.55. The molecule has 1 amide bonds. The summed E-state index contributed by atoms with van der Waals surface area (Å²) in [5.74, 6) is -0.734. The van der Waals surface area contributed by atoms with Crippen LogP contribution >= 0.6 is 0 Å². The number of carbonyl (C=O) groups excluding carboxylic acids is 2. The molecule has 3 rings (SSSR count). The van der Waals surface area contributed by atoms with Crippen LogP contribution in [0.5, 0.6) is 0 Å². The van der Waals surface area contributed by atoms with E-state index in [0.717, 1.165) is 0 Å². The van der Waals surface area contributed by atoms with E-state index in [-0.39, 0.29) is 11.7 Å². The number of aliphatic hydroxyl groups is 1. The van der Waals surface area contributed by atoms with E-state index in [1.165, 1.54) is 25.1 Å². The van der Waals surface area contributed by atoms with Gasteiger partial charge in [0.1, 0.15) is 17.6 Å². The van der Waals surface area contributed by atoms with Gasteiger partial charge in [0.2, 0.25) is 5.91 Å². The Kier molecular flexibility index (Phi) is 3.01. The summed E-state index contributed by atoms with van der Waals surface area (Å²) in [6.07, 6.45) is 1.52. The Labute approximate surface area is 120 Å². The molecule has 1 heterocycles. The molecule has 1 aromatic rings. The topological polar surface area (TPSA) is 79.2 Å². The van der Waals surface area contributed by atoms with Gasteiger partial charge in [0.05, 0.1) is 5.92 Å². The number of hydrogen-bond donors (Lipinski definition) is 1. The van der Waals surface area contributed by atoms with E-state index in [9.17, 15) is 14.7 Å². The van der Waals surface area contributed by atoms with Crippen LogP contribution in [0.25, 0.3) is 11.5 Å². The molecule has 2 aliphatic rings. The van der Waals surface area contributed by atoms with Crippen LogP contribution < -0.4 is 10.4 Å². The molecule has 1 aliphatic heterocycles. The zero-order valence-corrected chi connectivity index (χ0v) is 11.6. The van der Waals surface area contributed by atoms with E-state index < -0.39 is 17.9 Å². The molecule has 6 heteroatoms. The van der Waals surface area contributed by atoms with E-state index in [1.54, 1.807) is 24.3 Å². The van der Waals surface area contributed by atoms with Gasteiger partial charge in [-0.25, -0.2) is 5.01 Å². The van der Waals surface area contributed by atoms with E-state index in [4.69, 9.17) is 4.74 Å². The summed E-state index contributed by atoms with van der Waals surface area (Å²) in [6, 6.07) is 6.40. The summed E-state index contributed by atoms with van der Waals surface area (Å²) < 4.78 is 5.33. The fraction of sp³-hybridized carbons (Fsp3) is 0.267. The molecule has 21 heavy (non-hydrogen) atoms. The van der Waals surface area contributed by atoms with Gasteiger partial charge < -0.3 is 9.84 Å². The number of amides is 1. The maximum atomic E-state index is 11.7. The van der Waals surface area contributed by atoms with E-state index in [2.05, 4.69) is 5.10 Å². The molecule has 108 valence electrons. The normalized spacial score (nSPS) is 22.9. The molecular weight excluding hydrogens is 272 g/mol. The maximum Gasteiger partial charge on any atom is 0.307 e. The third kappa shape index (κ3) is 1.99. The molecule has 1 aliphatic carbocycles. The maximum absolute atomic E-state index is 11.7. The SMILES string of the molecule is CC(=O)OC1=c2ccccc2=C(O)[C@@H]2[C@@H]1C=NN2C(C)=O. The number of ether oxygens (including phenoxy) is 1. The number of fused-ring (bicyclic) bond motifs is 2. The van der Waals surface area contributed by atoms with Crippen molar-refractivity contribution < 1.29 is 19.4 Å². The Morgan fingerprint density at radius 1 is 1.24 bits per heavy atom. The molecule has 0 radical (unpaired) electrons. The second-order valence-electron chi connectivity index (χ2n) is 4.99. The third-order valence-corrected chi connectivity index (χ3v) is 3.58. The van der Waals surface area contributed by atoms with Gasteiger partial charge in [-0.05, 0) is 0 Å². The molecule has 1 N–H and O–H groups in total. The van der Waals surface area contributed by atoms with Crippen molar-refractivity contribution in [3.05, 3.63) is 34.7 Å². The van der Waals surface area contributed by atoms with E-state index in [1.807, 2.05) is 0 Å². The van der Waals surface area contributed by atoms with Crippen LogP contribution in [-0.2, 0) is 14.3 Å². The van der Waals surface area contributed by atoms with Gasteiger partial charge in [0.25, 0.3) is 0 Å². The predicted molar refractivity (Wildman–Crippen MR) is 75.2 cm³/mol. The Hall–Kier alpha value is -2.63. The molecule has 0 spiro atoms. The minimum Gasteiger partial charge on any atom is -0.509 e. The summed E-state index contributed by atoms with van der Waals surface area (Å²) in [4.78, 5) is 23.0. The summed E-state index contributed by atoms with van der Waals surface area (Å²) in [5, 5.41) is 16.9. The van der Waals surface area contributed by atoms with Gasteiger partial charge in [-0.1, -0.05) is 24.3 Å². The van der Waals surface area contributed by atoms with Gasteiger partial charge in [0, 0.05) is 30.5 Å². The summed E-state index contributed by atoms with van der Waals surface area (Å²) >= 11 is 0. The van der Waals surface area contributed by atoms with Crippen LogP contribution in [0, 0.1) is 5.92 Å². The van der Waals surface area contributed by atoms with Gasteiger partial charge in [-0.3, -0.25) is 9.59 Å². The molecule has 1 aromatic carbocycles. The molecule has 0 saturated heterocycles. The first-order chi connectivity index (χ1) is 10.0. The summed E-state index contributed by atoms with van der Waals surface area (Å²) in [5.41, 5.74) is 0. The van der Waals surface area contributed by atoms with Crippen molar-refractivity contribution in [2.45, 2.75) is 19.9 Å². The van der Waals surface area contributed by atoms with Crippen LogP contribution in [0.1, 0.15) is 13.8 Å². The van der Waals surface area contributed by atoms with Crippen LogP contribution in [-0.4, -0.2) is 34.2 Å². The van der Waals surface area contributed by atoms with Crippen LogP contribution in [0.15, 0.2) is 29.4 Å². The Bertz CT molecular complexity index is 781. The van der Waals surface area contributed by atoms with Crippen molar-refractivity contribution >= 4 is 29.6 Å². The monoisotopic (exact) mass is 286 g/mol. The number of hydrazone groups is 1. The van der Waals surface area contributed by atoms with Gasteiger partial charge in [-0.15, -0.1) is 0 Å². The molecule has 2 atom stereocenters. The minimum atomic E-state index is -0.660. The Morgan fingerprint density at radius 2 is 1.90 bits per heavy atom. The van der Waals surface area contributed by atoms with Gasteiger partial charge >= 0.3 is 5.97 Å². The lowest BCUT2D eigenvalue weighted by molar-refractivity contribution is -0.134. The minimum absolute atomic E-state index is 0.0548. The summed E-state index contributed by atoms with van der Waals surface area (Å²) in [6.45, 7) is 2.69. The smallest absolute Gasteiger partial charge is 0.307 e. The van der Waals surface area contributed by atoms with Crippen molar-refractivity contribution in [2.75, 3.05) is 0 Å². The quantitative estimate of drug-likeness (QED) is 0.729. The van der Waals surface area contributed by atoms with Crippen molar-refractivity contribution in [2.24, 2.45) is 11.0 Å². The summed E-state index contributed by atoms with van der Waals surface area (Å²) in [7, 11) is 0. The van der Waals surface area contributed by atoms with Crippen LogP contribution in [0.2, 0.25) is 0 Å². The lowest BCUT2D eigenvalue weighted by Gasteiger charge is -2.28. The standard InChI is InChI=1S/C15H14N2O4/c1-8(18)17-13-12(7-16-17)15(21-9(2)19)11-6-4-3-5-10(11)14(13)20/h3-7,12-13,20H,1-2H3/t12-,13-/m0/s1. The highest BCUT2D eigenvalue weighted by atomic mass is 16.5. The molecular formula is C15H14N2O4.